The second kappa shape index (κ2) is 16.9. The molecular formula is C36H50F3N5O6S. The first kappa shape index (κ1) is 42.9. The summed E-state index contributed by atoms with van der Waals surface area (Å²) in [6.45, 7) is 14.4. The van der Waals surface area contributed by atoms with E-state index in [1.54, 1.807) is 19.4 Å². The van der Waals surface area contributed by atoms with Gasteiger partial charge in [0.05, 0.1) is 17.8 Å². The molecule has 0 fully saturated rings. The molecule has 4 amide bonds. The van der Waals surface area contributed by atoms with Crippen LogP contribution in [0.5, 0.6) is 0 Å². The quantitative estimate of drug-likeness (QED) is 0.206. The number of hydrogen-bond acceptors (Lipinski definition) is 7. The molecule has 3 atom stereocenters. The molecule has 11 nitrogen and oxygen atoms in total. The van der Waals surface area contributed by atoms with Crippen LogP contribution in [-0.4, -0.2) is 75.3 Å². The Morgan fingerprint density at radius 1 is 0.882 bits per heavy atom. The molecule has 0 radical (unpaired) electrons. The van der Waals surface area contributed by atoms with Crippen molar-refractivity contribution in [2.75, 3.05) is 19.4 Å². The van der Waals surface area contributed by atoms with Gasteiger partial charge in [-0.15, -0.1) is 0 Å². The van der Waals surface area contributed by atoms with Crippen LogP contribution in [0, 0.1) is 11.3 Å². The molecule has 2 aromatic rings. The highest BCUT2D eigenvalue weighted by Crippen LogP contribution is 2.29. The lowest BCUT2D eigenvalue weighted by Crippen LogP contribution is -2.61. The Bertz CT molecular complexity index is 1690. The topological polar surface area (TPSA) is 154 Å². The summed E-state index contributed by atoms with van der Waals surface area (Å²) in [5.41, 5.74) is -0.448. The molecule has 0 aliphatic rings. The van der Waals surface area contributed by atoms with Gasteiger partial charge in [0, 0.05) is 23.7 Å². The fraction of sp³-hybridized carbons (Fsp3) is 0.500. The van der Waals surface area contributed by atoms with Crippen molar-refractivity contribution in [2.45, 2.75) is 90.9 Å². The zero-order valence-corrected chi connectivity index (χ0v) is 31.5. The number of carbonyl (C=O) groups excluding carboxylic acids is 4. The summed E-state index contributed by atoms with van der Waals surface area (Å²) in [4.78, 5) is 53.5. The first-order chi connectivity index (χ1) is 23.3. The van der Waals surface area contributed by atoms with E-state index in [9.17, 15) is 40.8 Å². The molecule has 282 valence electrons. The third-order valence-electron chi connectivity index (χ3n) is 8.52. The predicted octanol–water partition coefficient (Wildman–Crippen LogP) is 4.66. The van der Waals surface area contributed by atoms with Crippen LogP contribution in [0.1, 0.15) is 66.5 Å². The summed E-state index contributed by atoms with van der Waals surface area (Å²) < 4.78 is 65.2. The Hall–Kier alpha value is -4.24. The molecule has 2 aromatic carbocycles. The van der Waals surface area contributed by atoms with Crippen molar-refractivity contribution in [1.29, 1.82) is 0 Å². The number of likely N-dealkylation sites (N-methyl/N-ethyl adjacent to an activating group) is 2. The average Bonchev–Trinajstić information content (AvgIpc) is 3.01. The van der Waals surface area contributed by atoms with Gasteiger partial charge in [-0.25, -0.2) is 13.1 Å². The van der Waals surface area contributed by atoms with Gasteiger partial charge in [-0.1, -0.05) is 97.0 Å². The number of carbonyl (C=O) groups is 4. The van der Waals surface area contributed by atoms with E-state index in [1.807, 2.05) is 83.5 Å². The number of rotatable bonds is 14. The largest absolute Gasteiger partial charge is 0.471 e. The SMILES string of the molecule is CN[C@H](C(=O)N[C@H](C(=O)N(C)[C@H](/C=C(\C)C(=O)NS(=O)(=O)Cc1ccc(NC(=O)C(F)(F)F)cc1)C(C)C)C(C)(C)C)C(C)(C)c1ccccc1. The highest BCUT2D eigenvalue weighted by molar-refractivity contribution is 7.89. The van der Waals surface area contributed by atoms with E-state index in [1.165, 1.54) is 30.0 Å². The van der Waals surface area contributed by atoms with Gasteiger partial charge in [-0.2, -0.15) is 13.2 Å². The lowest BCUT2D eigenvalue weighted by molar-refractivity contribution is -0.167. The number of benzene rings is 2. The normalized spacial score (nSPS) is 14.7. The minimum Gasteiger partial charge on any atom is -0.342 e. The summed E-state index contributed by atoms with van der Waals surface area (Å²) in [6, 6.07) is 11.9. The Labute approximate surface area is 298 Å². The van der Waals surface area contributed by atoms with Crippen LogP contribution in [0.2, 0.25) is 0 Å². The lowest BCUT2D eigenvalue weighted by atomic mass is 9.76. The van der Waals surface area contributed by atoms with Gasteiger partial charge in [0.1, 0.15) is 6.04 Å². The maximum absolute atomic E-state index is 14.1. The maximum atomic E-state index is 14.1. The lowest BCUT2D eigenvalue weighted by Gasteiger charge is -2.40. The van der Waals surface area contributed by atoms with E-state index in [0.29, 0.717) is 0 Å². The Balaban J connectivity index is 2.23. The third-order valence-corrected chi connectivity index (χ3v) is 9.73. The number of amides is 4. The van der Waals surface area contributed by atoms with Crippen LogP contribution < -0.4 is 20.7 Å². The summed E-state index contributed by atoms with van der Waals surface area (Å²) in [5.74, 6) is -4.79. The van der Waals surface area contributed by atoms with Crippen molar-refractivity contribution in [2.24, 2.45) is 11.3 Å². The number of alkyl halides is 3. The van der Waals surface area contributed by atoms with Gasteiger partial charge in [0.2, 0.25) is 21.8 Å². The summed E-state index contributed by atoms with van der Waals surface area (Å²) >= 11 is 0. The number of anilines is 1. The smallest absolute Gasteiger partial charge is 0.342 e. The maximum Gasteiger partial charge on any atom is 0.471 e. The Morgan fingerprint density at radius 2 is 1.43 bits per heavy atom. The minimum atomic E-state index is -5.09. The van der Waals surface area contributed by atoms with Gasteiger partial charge in [-0.3, -0.25) is 19.2 Å². The number of nitrogens with zero attached hydrogens (tertiary/aromatic N) is 1. The zero-order chi connectivity index (χ0) is 39.1. The highest BCUT2D eigenvalue weighted by Gasteiger charge is 2.42. The molecule has 0 aromatic heterocycles. The van der Waals surface area contributed by atoms with Crippen molar-refractivity contribution < 1.29 is 40.8 Å². The van der Waals surface area contributed by atoms with Gasteiger partial charge in [-0.05, 0) is 48.6 Å². The summed E-state index contributed by atoms with van der Waals surface area (Å²) in [7, 11) is -1.02. The second-order valence-electron chi connectivity index (χ2n) is 14.5. The molecule has 0 bridgehead atoms. The van der Waals surface area contributed by atoms with E-state index >= 15 is 0 Å². The van der Waals surface area contributed by atoms with E-state index in [2.05, 4.69) is 10.6 Å². The number of nitrogens with one attached hydrogen (secondary N) is 4. The molecule has 0 spiro atoms. The summed E-state index contributed by atoms with van der Waals surface area (Å²) in [5, 5.41) is 7.73. The fourth-order valence-corrected chi connectivity index (χ4v) is 6.67. The zero-order valence-electron chi connectivity index (χ0n) is 30.7. The monoisotopic (exact) mass is 737 g/mol. The van der Waals surface area contributed by atoms with Gasteiger partial charge < -0.3 is 20.9 Å². The van der Waals surface area contributed by atoms with Crippen LogP contribution >= 0.6 is 0 Å². The Morgan fingerprint density at radius 3 is 1.90 bits per heavy atom. The van der Waals surface area contributed by atoms with Crippen LogP contribution in [0.25, 0.3) is 0 Å². The molecule has 0 saturated heterocycles. The molecule has 15 heteroatoms. The van der Waals surface area contributed by atoms with Crippen LogP contribution in [0.3, 0.4) is 0 Å². The van der Waals surface area contributed by atoms with Crippen molar-refractivity contribution >= 4 is 39.3 Å². The Kier molecular flexibility index (Phi) is 14.2. The van der Waals surface area contributed by atoms with E-state index in [-0.39, 0.29) is 28.6 Å². The van der Waals surface area contributed by atoms with Gasteiger partial charge in [0.15, 0.2) is 0 Å². The molecule has 0 unspecified atom stereocenters. The fourth-order valence-electron chi connectivity index (χ4n) is 5.53. The number of sulfonamides is 1. The molecule has 0 aliphatic carbocycles. The van der Waals surface area contributed by atoms with E-state index in [4.69, 9.17) is 0 Å². The summed E-state index contributed by atoms with van der Waals surface area (Å²) in [6.07, 6.45) is -3.60. The molecule has 0 aliphatic heterocycles. The molecule has 0 saturated carbocycles. The highest BCUT2D eigenvalue weighted by atomic mass is 32.2. The molecule has 0 heterocycles. The predicted molar refractivity (Wildman–Crippen MR) is 191 cm³/mol. The molecule has 4 N–H and O–H groups in total. The number of halogens is 3. The molecule has 2 rings (SSSR count). The van der Waals surface area contributed by atoms with Crippen LogP contribution in [0.4, 0.5) is 18.9 Å². The first-order valence-corrected chi connectivity index (χ1v) is 18.0. The van der Waals surface area contributed by atoms with Crippen molar-refractivity contribution in [3.8, 4) is 0 Å². The van der Waals surface area contributed by atoms with E-state index < -0.39 is 68.6 Å². The molecular weight excluding hydrogens is 687 g/mol. The minimum absolute atomic E-state index is 0.0123. The third kappa shape index (κ3) is 11.9. The van der Waals surface area contributed by atoms with Crippen molar-refractivity contribution in [1.82, 2.24) is 20.3 Å². The van der Waals surface area contributed by atoms with Gasteiger partial charge in [0.25, 0.3) is 5.91 Å². The van der Waals surface area contributed by atoms with Crippen molar-refractivity contribution in [3.05, 3.63) is 77.4 Å². The van der Waals surface area contributed by atoms with E-state index in [0.717, 1.165) is 17.7 Å². The standard InChI is InChI=1S/C36H50F3N5O6S/c1-22(2)27(20-23(3)30(45)43-51(49,50)21-24-16-18-26(19-17-24)41-33(48)36(37,38)39)44(10)32(47)29(34(4,5)6)42-31(46)28(40-9)35(7,8)25-14-12-11-13-15-25/h11-20,22,27-29,40H,21H2,1-10H3,(H,41,48)(H,42,46)(H,43,45)/b23-20+/t27-,28-,29-/m1/s1. The van der Waals surface area contributed by atoms with Crippen molar-refractivity contribution in [3.63, 3.8) is 0 Å². The first-order valence-electron chi connectivity index (χ1n) is 16.3. The van der Waals surface area contributed by atoms with Gasteiger partial charge >= 0.3 is 12.1 Å². The number of hydrogen-bond donors (Lipinski definition) is 4. The molecule has 51 heavy (non-hydrogen) atoms. The average molecular weight is 738 g/mol. The van der Waals surface area contributed by atoms with Crippen LogP contribution in [0.15, 0.2) is 66.2 Å². The second-order valence-corrected chi connectivity index (χ2v) is 16.2. The van der Waals surface area contributed by atoms with Crippen LogP contribution in [-0.2, 0) is 40.4 Å².